The largest absolute Gasteiger partial charge is 0.415 e. The molecule has 1 aliphatic rings. The third-order valence-corrected chi connectivity index (χ3v) is 2.91. The second-order valence-electron chi connectivity index (χ2n) is 4.20. The summed E-state index contributed by atoms with van der Waals surface area (Å²) < 4.78 is 37.7. The molecule has 3 atom stereocenters. The topological polar surface area (TPSA) is 79.9 Å². The first-order chi connectivity index (χ1) is 9.36. The van der Waals surface area contributed by atoms with Crippen LogP contribution >= 0.6 is 0 Å². The number of aliphatic hydroxyl groups excluding tert-OH is 2. The van der Waals surface area contributed by atoms with Crippen LogP contribution in [-0.2, 0) is 0 Å². The Morgan fingerprint density at radius 2 is 1.90 bits per heavy atom. The van der Waals surface area contributed by atoms with Crippen molar-refractivity contribution in [3.63, 3.8) is 0 Å². The molecule has 20 heavy (non-hydrogen) atoms. The molecule has 1 heterocycles. The molecule has 3 unspecified atom stereocenters. The van der Waals surface area contributed by atoms with Crippen LogP contribution in [0.25, 0.3) is 0 Å². The Balaban J connectivity index is 2.35. The lowest BCUT2D eigenvalue weighted by Gasteiger charge is -2.26. The monoisotopic (exact) mass is 285 g/mol. The van der Waals surface area contributed by atoms with Gasteiger partial charge in [-0.2, -0.15) is 23.5 Å². The van der Waals surface area contributed by atoms with Crippen molar-refractivity contribution in [1.82, 2.24) is 0 Å². The van der Waals surface area contributed by atoms with E-state index < -0.39 is 30.1 Å². The van der Waals surface area contributed by atoms with Gasteiger partial charge in [0.1, 0.15) is 11.8 Å². The number of halogens is 3. The first-order valence-corrected chi connectivity index (χ1v) is 5.62. The fourth-order valence-corrected chi connectivity index (χ4v) is 1.94. The number of nitrogens with zero attached hydrogens (tertiary/aromatic N) is 3. The van der Waals surface area contributed by atoms with E-state index in [1.807, 2.05) is 0 Å². The van der Waals surface area contributed by atoms with E-state index >= 15 is 0 Å². The first kappa shape index (κ1) is 14.3. The molecule has 0 amide bonds. The molecule has 0 radical (unpaired) electrons. The van der Waals surface area contributed by atoms with Crippen LogP contribution in [0.4, 0.5) is 18.9 Å². The highest BCUT2D eigenvalue weighted by molar-refractivity contribution is 6.03. The van der Waals surface area contributed by atoms with Crippen LogP contribution in [0.3, 0.4) is 0 Å². The molecule has 8 heteroatoms. The maximum Gasteiger partial charge on any atom is 0.415 e. The molecule has 2 rings (SSSR count). The van der Waals surface area contributed by atoms with Gasteiger partial charge in [0.25, 0.3) is 0 Å². The van der Waals surface area contributed by atoms with Crippen LogP contribution in [0.2, 0.25) is 0 Å². The van der Waals surface area contributed by atoms with E-state index in [0.717, 1.165) is 5.01 Å². The molecule has 106 valence electrons. The summed E-state index contributed by atoms with van der Waals surface area (Å²) in [5.74, 6) is -1.83. The van der Waals surface area contributed by atoms with Crippen molar-refractivity contribution in [1.29, 1.82) is 5.26 Å². The van der Waals surface area contributed by atoms with E-state index in [-0.39, 0.29) is 0 Å². The normalized spacial score (nSPS) is 24.2. The number of aliphatic hydroxyl groups is 2. The van der Waals surface area contributed by atoms with E-state index in [1.54, 1.807) is 18.2 Å². The number of hydrogen-bond donors (Lipinski definition) is 2. The molecule has 2 N–H and O–H groups in total. The number of rotatable bonds is 2. The zero-order valence-corrected chi connectivity index (χ0v) is 9.99. The molecular weight excluding hydrogens is 275 g/mol. The second kappa shape index (κ2) is 5.11. The molecule has 0 aliphatic carbocycles. The standard InChI is InChI=1S/C12H10F3N3O2/c13-12(14,15)10(19)9-8(6-16)17-18(11(9)20)7-4-2-1-3-5-7/h1-5,9-11,19-20H. The Morgan fingerprint density at radius 1 is 1.30 bits per heavy atom. The minimum absolute atomic E-state index is 0.324. The fraction of sp³-hybridized carbons (Fsp3) is 0.333. The predicted molar refractivity (Wildman–Crippen MR) is 63.5 cm³/mol. The number of hydrazone groups is 1. The summed E-state index contributed by atoms with van der Waals surface area (Å²) in [5, 5.41) is 32.6. The number of benzene rings is 1. The number of hydrogen-bond acceptors (Lipinski definition) is 5. The molecule has 0 aromatic heterocycles. The zero-order valence-electron chi connectivity index (χ0n) is 9.99. The molecule has 1 aromatic carbocycles. The zero-order chi connectivity index (χ0) is 14.9. The number of alkyl halides is 3. The number of anilines is 1. The highest BCUT2D eigenvalue weighted by Gasteiger charge is 2.52. The molecule has 5 nitrogen and oxygen atoms in total. The molecule has 0 fully saturated rings. The molecule has 0 saturated carbocycles. The Labute approximate surface area is 112 Å². The third-order valence-electron chi connectivity index (χ3n) is 2.91. The SMILES string of the molecule is N#CC1=NN(c2ccccc2)C(O)C1C(O)C(F)(F)F. The van der Waals surface area contributed by atoms with Gasteiger partial charge in [-0.3, -0.25) is 0 Å². The van der Waals surface area contributed by atoms with Gasteiger partial charge < -0.3 is 10.2 Å². The molecule has 0 bridgehead atoms. The van der Waals surface area contributed by atoms with Crippen LogP contribution in [0.1, 0.15) is 0 Å². The van der Waals surface area contributed by atoms with Crippen LogP contribution in [0.5, 0.6) is 0 Å². The molecule has 0 spiro atoms. The Bertz CT molecular complexity index is 553. The van der Waals surface area contributed by atoms with Crippen molar-refractivity contribution < 1.29 is 23.4 Å². The quantitative estimate of drug-likeness (QED) is 0.857. The van der Waals surface area contributed by atoms with Gasteiger partial charge in [0.05, 0.1) is 11.6 Å². The highest BCUT2D eigenvalue weighted by Crippen LogP contribution is 2.34. The van der Waals surface area contributed by atoms with Gasteiger partial charge in [0, 0.05) is 0 Å². The van der Waals surface area contributed by atoms with Gasteiger partial charge in [0.15, 0.2) is 12.3 Å². The summed E-state index contributed by atoms with van der Waals surface area (Å²) in [6, 6.07) is 9.42. The summed E-state index contributed by atoms with van der Waals surface area (Å²) in [6.45, 7) is 0. The van der Waals surface area contributed by atoms with E-state index in [9.17, 15) is 23.4 Å². The van der Waals surface area contributed by atoms with Gasteiger partial charge in [-0.25, -0.2) is 5.01 Å². The maximum absolute atomic E-state index is 12.6. The molecule has 1 aliphatic heterocycles. The highest BCUT2D eigenvalue weighted by atomic mass is 19.4. The van der Waals surface area contributed by atoms with Crippen LogP contribution in [-0.4, -0.2) is 34.4 Å². The first-order valence-electron chi connectivity index (χ1n) is 5.62. The molecule has 0 saturated heterocycles. The minimum Gasteiger partial charge on any atom is -0.383 e. The Kier molecular flexibility index (Phi) is 3.65. The van der Waals surface area contributed by atoms with Gasteiger partial charge in [-0.1, -0.05) is 18.2 Å². The summed E-state index contributed by atoms with van der Waals surface area (Å²) in [5.41, 5.74) is -0.240. The lowest BCUT2D eigenvalue weighted by Crippen LogP contribution is -2.46. The van der Waals surface area contributed by atoms with E-state index in [0.29, 0.717) is 5.69 Å². The summed E-state index contributed by atoms with van der Waals surface area (Å²) in [7, 11) is 0. The van der Waals surface area contributed by atoms with Crippen molar-refractivity contribution in [3.05, 3.63) is 30.3 Å². The summed E-state index contributed by atoms with van der Waals surface area (Å²) in [6.07, 6.45) is -9.57. The summed E-state index contributed by atoms with van der Waals surface area (Å²) in [4.78, 5) is 0. The van der Waals surface area contributed by atoms with Crippen molar-refractivity contribution in [2.45, 2.75) is 18.5 Å². The van der Waals surface area contributed by atoms with E-state index in [2.05, 4.69) is 5.10 Å². The van der Waals surface area contributed by atoms with Gasteiger partial charge >= 0.3 is 6.18 Å². The number of para-hydroxylation sites is 1. The third kappa shape index (κ3) is 2.45. The Morgan fingerprint density at radius 3 is 2.40 bits per heavy atom. The lowest BCUT2D eigenvalue weighted by molar-refractivity contribution is -0.218. The van der Waals surface area contributed by atoms with E-state index in [4.69, 9.17) is 5.26 Å². The maximum atomic E-state index is 12.6. The van der Waals surface area contributed by atoms with Crippen molar-refractivity contribution in [3.8, 4) is 6.07 Å². The van der Waals surface area contributed by atoms with Gasteiger partial charge in [0.2, 0.25) is 0 Å². The fourth-order valence-electron chi connectivity index (χ4n) is 1.94. The Hall–Kier alpha value is -2.11. The minimum atomic E-state index is -4.95. The van der Waals surface area contributed by atoms with Crippen molar-refractivity contribution in [2.75, 3.05) is 5.01 Å². The van der Waals surface area contributed by atoms with Gasteiger partial charge in [-0.05, 0) is 12.1 Å². The smallest absolute Gasteiger partial charge is 0.383 e. The van der Waals surface area contributed by atoms with Crippen molar-refractivity contribution in [2.24, 2.45) is 11.0 Å². The van der Waals surface area contributed by atoms with Gasteiger partial charge in [-0.15, -0.1) is 0 Å². The molecule has 1 aromatic rings. The van der Waals surface area contributed by atoms with Crippen LogP contribution < -0.4 is 5.01 Å². The second-order valence-corrected chi connectivity index (χ2v) is 4.20. The molecular formula is C12H10F3N3O2. The van der Waals surface area contributed by atoms with E-state index in [1.165, 1.54) is 18.2 Å². The average Bonchev–Trinajstić information content (AvgIpc) is 2.74. The predicted octanol–water partition coefficient (Wildman–Crippen LogP) is 1.24. The van der Waals surface area contributed by atoms with Crippen LogP contribution in [0, 0.1) is 17.2 Å². The van der Waals surface area contributed by atoms with Crippen molar-refractivity contribution >= 4 is 11.4 Å². The number of nitriles is 1. The summed E-state index contributed by atoms with van der Waals surface area (Å²) >= 11 is 0. The average molecular weight is 285 g/mol. The lowest BCUT2D eigenvalue weighted by atomic mass is 9.95. The van der Waals surface area contributed by atoms with Crippen LogP contribution in [0.15, 0.2) is 35.4 Å².